The number of ketones is 1. The maximum atomic E-state index is 12.7. The summed E-state index contributed by atoms with van der Waals surface area (Å²) in [6.45, 7) is 6.09. The van der Waals surface area contributed by atoms with Crippen molar-refractivity contribution in [3.63, 3.8) is 0 Å². The van der Waals surface area contributed by atoms with Crippen LogP contribution >= 0.6 is 0 Å². The maximum Gasteiger partial charge on any atom is 0.193 e. The Bertz CT molecular complexity index is 675. The first-order valence-electron chi connectivity index (χ1n) is 7.02. The Morgan fingerprint density at radius 3 is 2.48 bits per heavy atom. The third-order valence-electron chi connectivity index (χ3n) is 3.59. The van der Waals surface area contributed by atoms with Gasteiger partial charge < -0.3 is 10.5 Å². The summed E-state index contributed by atoms with van der Waals surface area (Å²) in [7, 11) is 1.65. The Kier molecular flexibility index (Phi) is 4.32. The van der Waals surface area contributed by atoms with Crippen LogP contribution in [0.2, 0.25) is 0 Å². The second-order valence-electron chi connectivity index (χ2n) is 5.52. The van der Waals surface area contributed by atoms with Gasteiger partial charge in [0.2, 0.25) is 0 Å². The van der Waals surface area contributed by atoms with E-state index in [1.54, 1.807) is 31.4 Å². The van der Waals surface area contributed by atoms with Gasteiger partial charge in [0.15, 0.2) is 5.78 Å². The van der Waals surface area contributed by atoms with E-state index < -0.39 is 0 Å². The second kappa shape index (κ2) is 6.00. The van der Waals surface area contributed by atoms with Gasteiger partial charge in [0.05, 0.1) is 7.11 Å². The number of benzene rings is 2. The van der Waals surface area contributed by atoms with Gasteiger partial charge in [-0.15, -0.1) is 0 Å². The third kappa shape index (κ3) is 3.07. The lowest BCUT2D eigenvalue weighted by Gasteiger charge is -2.15. The van der Waals surface area contributed by atoms with Gasteiger partial charge in [-0.3, -0.25) is 4.79 Å². The van der Waals surface area contributed by atoms with Crippen molar-refractivity contribution in [2.75, 3.05) is 12.8 Å². The van der Waals surface area contributed by atoms with Crippen LogP contribution in [-0.4, -0.2) is 12.9 Å². The summed E-state index contributed by atoms with van der Waals surface area (Å²) in [4.78, 5) is 12.7. The van der Waals surface area contributed by atoms with Crippen LogP contribution in [0.3, 0.4) is 0 Å². The first-order valence-corrected chi connectivity index (χ1v) is 7.02. The molecule has 110 valence electrons. The standard InChI is InChI=1S/C18H21NO2/c1-11(2)15-10-16(12(3)8-17(15)21-4)18(20)13-6-5-7-14(19)9-13/h5-11H,19H2,1-4H3. The molecule has 0 heterocycles. The molecule has 2 rings (SSSR count). The van der Waals surface area contributed by atoms with Crippen LogP contribution in [0.4, 0.5) is 5.69 Å². The summed E-state index contributed by atoms with van der Waals surface area (Å²) in [5.41, 5.74) is 9.61. The average Bonchev–Trinajstić information content (AvgIpc) is 2.45. The van der Waals surface area contributed by atoms with Crippen molar-refractivity contribution in [1.29, 1.82) is 0 Å². The average molecular weight is 283 g/mol. The van der Waals surface area contributed by atoms with E-state index in [2.05, 4.69) is 13.8 Å². The van der Waals surface area contributed by atoms with E-state index in [4.69, 9.17) is 10.5 Å². The van der Waals surface area contributed by atoms with Gasteiger partial charge in [0.25, 0.3) is 0 Å². The molecule has 0 spiro atoms. The number of methoxy groups -OCH3 is 1. The van der Waals surface area contributed by atoms with Gasteiger partial charge in [-0.2, -0.15) is 0 Å². The van der Waals surface area contributed by atoms with Crippen LogP contribution in [-0.2, 0) is 0 Å². The number of ether oxygens (including phenoxy) is 1. The summed E-state index contributed by atoms with van der Waals surface area (Å²) in [5, 5.41) is 0. The molecule has 0 saturated carbocycles. The summed E-state index contributed by atoms with van der Waals surface area (Å²) >= 11 is 0. The highest BCUT2D eigenvalue weighted by Crippen LogP contribution is 2.30. The molecule has 0 aromatic heterocycles. The van der Waals surface area contributed by atoms with Crippen LogP contribution in [0.25, 0.3) is 0 Å². The number of hydrogen-bond acceptors (Lipinski definition) is 3. The number of nitrogen functional groups attached to an aromatic ring is 1. The van der Waals surface area contributed by atoms with Crippen molar-refractivity contribution in [3.8, 4) is 5.75 Å². The predicted molar refractivity (Wildman–Crippen MR) is 86.1 cm³/mol. The molecule has 2 aromatic rings. The molecule has 21 heavy (non-hydrogen) atoms. The van der Waals surface area contributed by atoms with Crippen LogP contribution in [0.1, 0.15) is 46.8 Å². The van der Waals surface area contributed by atoms with Crippen LogP contribution in [0.15, 0.2) is 36.4 Å². The Labute approximate surface area is 125 Å². The number of carbonyl (C=O) groups is 1. The van der Waals surface area contributed by atoms with Crippen LogP contribution in [0.5, 0.6) is 5.75 Å². The SMILES string of the molecule is COc1cc(C)c(C(=O)c2cccc(N)c2)cc1C(C)C. The topological polar surface area (TPSA) is 52.3 Å². The highest BCUT2D eigenvalue weighted by atomic mass is 16.5. The first-order chi connectivity index (χ1) is 9.93. The van der Waals surface area contributed by atoms with Crippen molar-refractivity contribution in [3.05, 3.63) is 58.7 Å². The van der Waals surface area contributed by atoms with E-state index in [1.807, 2.05) is 19.1 Å². The molecule has 3 nitrogen and oxygen atoms in total. The zero-order valence-electron chi connectivity index (χ0n) is 12.9. The summed E-state index contributed by atoms with van der Waals surface area (Å²) in [6.07, 6.45) is 0. The Balaban J connectivity index is 2.53. The third-order valence-corrected chi connectivity index (χ3v) is 3.59. The van der Waals surface area contributed by atoms with E-state index >= 15 is 0 Å². The molecule has 3 heteroatoms. The molecule has 0 bridgehead atoms. The molecular weight excluding hydrogens is 262 g/mol. The predicted octanol–water partition coefficient (Wildman–Crippen LogP) is 3.94. The fraction of sp³-hybridized carbons (Fsp3) is 0.278. The molecule has 2 N–H and O–H groups in total. The molecule has 0 aliphatic rings. The van der Waals surface area contributed by atoms with Gasteiger partial charge in [0, 0.05) is 16.8 Å². The fourth-order valence-corrected chi connectivity index (χ4v) is 2.41. The fourth-order valence-electron chi connectivity index (χ4n) is 2.41. The normalized spacial score (nSPS) is 10.7. The lowest BCUT2D eigenvalue weighted by Crippen LogP contribution is -2.07. The molecule has 2 aromatic carbocycles. The van der Waals surface area contributed by atoms with Crippen LogP contribution in [0, 0.1) is 6.92 Å². The van der Waals surface area contributed by atoms with Crippen molar-refractivity contribution >= 4 is 11.5 Å². The zero-order chi connectivity index (χ0) is 15.6. The van der Waals surface area contributed by atoms with Gasteiger partial charge in [0.1, 0.15) is 5.75 Å². The zero-order valence-corrected chi connectivity index (χ0v) is 12.9. The molecule has 0 atom stereocenters. The molecule has 0 aliphatic heterocycles. The number of hydrogen-bond donors (Lipinski definition) is 1. The Hall–Kier alpha value is -2.29. The lowest BCUT2D eigenvalue weighted by atomic mass is 9.92. The van der Waals surface area contributed by atoms with E-state index in [0.717, 1.165) is 16.9 Å². The van der Waals surface area contributed by atoms with Gasteiger partial charge >= 0.3 is 0 Å². The molecule has 0 unspecified atom stereocenters. The number of nitrogens with two attached hydrogens (primary N) is 1. The van der Waals surface area contributed by atoms with Gasteiger partial charge in [-0.05, 0) is 48.2 Å². The molecule has 0 fully saturated rings. The highest BCUT2D eigenvalue weighted by Gasteiger charge is 2.17. The number of aryl methyl sites for hydroxylation is 1. The minimum atomic E-state index is -0.00986. The summed E-state index contributed by atoms with van der Waals surface area (Å²) in [5.74, 6) is 1.10. The quantitative estimate of drug-likeness (QED) is 0.683. The van der Waals surface area contributed by atoms with Crippen molar-refractivity contribution in [2.24, 2.45) is 0 Å². The van der Waals surface area contributed by atoms with E-state index in [9.17, 15) is 4.79 Å². The van der Waals surface area contributed by atoms with E-state index in [1.165, 1.54) is 0 Å². The second-order valence-corrected chi connectivity index (χ2v) is 5.52. The van der Waals surface area contributed by atoms with Gasteiger partial charge in [-0.25, -0.2) is 0 Å². The monoisotopic (exact) mass is 283 g/mol. The maximum absolute atomic E-state index is 12.7. The van der Waals surface area contributed by atoms with E-state index in [0.29, 0.717) is 16.8 Å². The molecule has 0 amide bonds. The van der Waals surface area contributed by atoms with Gasteiger partial charge in [-0.1, -0.05) is 26.0 Å². The number of carbonyl (C=O) groups excluding carboxylic acids is 1. The highest BCUT2D eigenvalue weighted by molar-refractivity contribution is 6.10. The Morgan fingerprint density at radius 1 is 1.19 bits per heavy atom. The molecule has 0 aliphatic carbocycles. The number of anilines is 1. The van der Waals surface area contributed by atoms with Crippen molar-refractivity contribution in [2.45, 2.75) is 26.7 Å². The summed E-state index contributed by atoms with van der Waals surface area (Å²) in [6, 6.07) is 10.9. The molecule has 0 radical (unpaired) electrons. The van der Waals surface area contributed by atoms with Crippen molar-refractivity contribution in [1.82, 2.24) is 0 Å². The molecule has 0 saturated heterocycles. The Morgan fingerprint density at radius 2 is 1.90 bits per heavy atom. The largest absolute Gasteiger partial charge is 0.496 e. The smallest absolute Gasteiger partial charge is 0.193 e. The number of rotatable bonds is 4. The molecular formula is C18H21NO2. The van der Waals surface area contributed by atoms with Crippen molar-refractivity contribution < 1.29 is 9.53 Å². The van der Waals surface area contributed by atoms with E-state index in [-0.39, 0.29) is 11.7 Å². The van der Waals surface area contributed by atoms with Crippen LogP contribution < -0.4 is 10.5 Å². The summed E-state index contributed by atoms with van der Waals surface area (Å²) < 4.78 is 5.42. The lowest BCUT2D eigenvalue weighted by molar-refractivity contribution is 0.103. The minimum Gasteiger partial charge on any atom is -0.496 e. The first kappa shape index (κ1) is 15.1. The minimum absolute atomic E-state index is 0.00986.